The summed E-state index contributed by atoms with van der Waals surface area (Å²) in [7, 11) is 0. The van der Waals surface area contributed by atoms with Gasteiger partial charge in [0.15, 0.2) is 0 Å². The average Bonchev–Trinajstić information content (AvgIpc) is 2.48. The number of carbonyl (C=O) groups is 2. The van der Waals surface area contributed by atoms with Gasteiger partial charge in [-0.05, 0) is 18.9 Å². The number of carbonyl (C=O) groups excluding carboxylic acids is 2. The minimum absolute atomic E-state index is 0.0223. The van der Waals surface area contributed by atoms with E-state index in [2.05, 4.69) is 0 Å². The number of benzene rings is 1. The predicted octanol–water partition coefficient (Wildman–Crippen LogP) is 1.39. The third-order valence-electron chi connectivity index (χ3n) is 3.03. The molecule has 0 saturated carbocycles. The zero-order valence-electron chi connectivity index (χ0n) is 12.5. The molecular formula is C16H23NO4. The first-order chi connectivity index (χ1) is 10.2. The summed E-state index contributed by atoms with van der Waals surface area (Å²) in [6.07, 6.45) is 0.984. The summed E-state index contributed by atoms with van der Waals surface area (Å²) in [4.78, 5) is 25.3. The fourth-order valence-corrected chi connectivity index (χ4v) is 1.96. The normalized spacial score (nSPS) is 10.2. The predicted molar refractivity (Wildman–Crippen MR) is 79.7 cm³/mol. The molecule has 0 heterocycles. The summed E-state index contributed by atoms with van der Waals surface area (Å²) < 4.78 is 4.87. The van der Waals surface area contributed by atoms with Crippen molar-refractivity contribution in [2.75, 3.05) is 26.3 Å². The van der Waals surface area contributed by atoms with Crippen LogP contribution in [0.2, 0.25) is 0 Å². The van der Waals surface area contributed by atoms with E-state index in [0.717, 1.165) is 5.56 Å². The Kier molecular flexibility index (Phi) is 8.12. The highest BCUT2D eigenvalue weighted by atomic mass is 16.5. The Morgan fingerprint density at radius 3 is 2.52 bits per heavy atom. The minimum Gasteiger partial charge on any atom is -0.466 e. The molecule has 0 aromatic heterocycles. The molecule has 0 fully saturated rings. The Morgan fingerprint density at radius 2 is 1.90 bits per heavy atom. The van der Waals surface area contributed by atoms with Gasteiger partial charge in [0.05, 0.1) is 19.4 Å². The zero-order valence-corrected chi connectivity index (χ0v) is 12.5. The number of amides is 1. The summed E-state index contributed by atoms with van der Waals surface area (Å²) in [6.45, 7) is 2.88. The molecule has 0 unspecified atom stereocenters. The number of ether oxygens (including phenoxy) is 1. The molecule has 1 aromatic rings. The molecule has 0 bridgehead atoms. The van der Waals surface area contributed by atoms with Crippen LogP contribution in [0.15, 0.2) is 30.3 Å². The molecule has 21 heavy (non-hydrogen) atoms. The molecule has 0 spiro atoms. The number of aliphatic hydroxyl groups excluding tert-OH is 1. The van der Waals surface area contributed by atoms with E-state index in [1.807, 2.05) is 30.3 Å². The molecule has 116 valence electrons. The number of esters is 1. The van der Waals surface area contributed by atoms with Crippen LogP contribution in [0.4, 0.5) is 0 Å². The number of rotatable bonds is 9. The van der Waals surface area contributed by atoms with Crippen LogP contribution in [0.1, 0.15) is 25.3 Å². The second-order valence-corrected chi connectivity index (χ2v) is 4.68. The number of nitrogens with zero attached hydrogens (tertiary/aromatic N) is 1. The van der Waals surface area contributed by atoms with E-state index in [1.165, 1.54) is 0 Å². The van der Waals surface area contributed by atoms with Crippen molar-refractivity contribution >= 4 is 11.9 Å². The largest absolute Gasteiger partial charge is 0.466 e. The number of hydrogen-bond acceptors (Lipinski definition) is 4. The van der Waals surface area contributed by atoms with E-state index < -0.39 is 0 Å². The topological polar surface area (TPSA) is 66.8 Å². The molecule has 1 amide bonds. The maximum absolute atomic E-state index is 12.3. The molecule has 1 N–H and O–H groups in total. The maximum Gasteiger partial charge on any atom is 0.307 e. The maximum atomic E-state index is 12.3. The van der Waals surface area contributed by atoms with Gasteiger partial charge < -0.3 is 14.7 Å². The van der Waals surface area contributed by atoms with Crippen LogP contribution in [-0.4, -0.2) is 48.2 Å². The van der Waals surface area contributed by atoms with Gasteiger partial charge in [0.1, 0.15) is 0 Å². The van der Waals surface area contributed by atoms with Gasteiger partial charge in [0.25, 0.3) is 0 Å². The lowest BCUT2D eigenvalue weighted by molar-refractivity contribution is -0.144. The summed E-state index contributed by atoms with van der Waals surface area (Å²) in [5, 5.41) is 8.92. The van der Waals surface area contributed by atoms with Crippen molar-refractivity contribution < 1.29 is 19.4 Å². The molecule has 0 aliphatic carbocycles. The first-order valence-electron chi connectivity index (χ1n) is 7.25. The number of aliphatic hydroxyl groups is 1. The lowest BCUT2D eigenvalue weighted by Crippen LogP contribution is -2.35. The first-order valence-corrected chi connectivity index (χ1v) is 7.25. The van der Waals surface area contributed by atoms with Crippen LogP contribution in [0, 0.1) is 0 Å². The van der Waals surface area contributed by atoms with Crippen molar-refractivity contribution in [1.29, 1.82) is 0 Å². The highest BCUT2D eigenvalue weighted by molar-refractivity contribution is 5.79. The molecule has 0 aliphatic heterocycles. The third kappa shape index (κ3) is 6.90. The Labute approximate surface area is 125 Å². The molecule has 0 atom stereocenters. The van der Waals surface area contributed by atoms with Crippen molar-refractivity contribution in [3.8, 4) is 0 Å². The van der Waals surface area contributed by atoms with Crippen LogP contribution in [-0.2, 0) is 20.7 Å². The van der Waals surface area contributed by atoms with Gasteiger partial charge in [-0.2, -0.15) is 0 Å². The fraction of sp³-hybridized carbons (Fsp3) is 0.500. The van der Waals surface area contributed by atoms with Crippen molar-refractivity contribution in [1.82, 2.24) is 4.90 Å². The van der Waals surface area contributed by atoms with Crippen LogP contribution in [0.25, 0.3) is 0 Å². The van der Waals surface area contributed by atoms with E-state index in [4.69, 9.17) is 9.84 Å². The lowest BCUT2D eigenvalue weighted by Gasteiger charge is -2.22. The van der Waals surface area contributed by atoms with Gasteiger partial charge in [-0.15, -0.1) is 0 Å². The quantitative estimate of drug-likeness (QED) is 0.699. The standard InChI is InChI=1S/C16H23NO4/c1-2-21-16(20)9-11-17(10-6-12-18)15(19)13-14-7-4-3-5-8-14/h3-5,7-8,18H,2,6,9-13H2,1H3. The Morgan fingerprint density at radius 1 is 1.19 bits per heavy atom. The van der Waals surface area contributed by atoms with Crippen molar-refractivity contribution in [3.63, 3.8) is 0 Å². The first kappa shape index (κ1) is 17.2. The van der Waals surface area contributed by atoms with Crippen molar-refractivity contribution in [3.05, 3.63) is 35.9 Å². The Hall–Kier alpha value is -1.88. The smallest absolute Gasteiger partial charge is 0.307 e. The number of hydrogen-bond donors (Lipinski definition) is 1. The van der Waals surface area contributed by atoms with Crippen molar-refractivity contribution in [2.45, 2.75) is 26.2 Å². The van der Waals surface area contributed by atoms with E-state index in [9.17, 15) is 9.59 Å². The van der Waals surface area contributed by atoms with Gasteiger partial charge in [0.2, 0.25) is 5.91 Å². The minimum atomic E-state index is -0.306. The fourth-order valence-electron chi connectivity index (χ4n) is 1.96. The molecule has 1 aromatic carbocycles. The van der Waals surface area contributed by atoms with Crippen molar-refractivity contribution in [2.24, 2.45) is 0 Å². The summed E-state index contributed by atoms with van der Waals surface area (Å²) >= 11 is 0. The lowest BCUT2D eigenvalue weighted by atomic mass is 10.1. The average molecular weight is 293 g/mol. The molecule has 5 nitrogen and oxygen atoms in total. The van der Waals surface area contributed by atoms with Crippen LogP contribution < -0.4 is 0 Å². The van der Waals surface area contributed by atoms with Crippen LogP contribution >= 0.6 is 0 Å². The van der Waals surface area contributed by atoms with E-state index in [-0.39, 0.29) is 24.9 Å². The highest BCUT2D eigenvalue weighted by Gasteiger charge is 2.15. The highest BCUT2D eigenvalue weighted by Crippen LogP contribution is 2.05. The monoisotopic (exact) mass is 293 g/mol. The van der Waals surface area contributed by atoms with Gasteiger partial charge in [0, 0.05) is 19.7 Å². The summed E-state index contributed by atoms with van der Waals surface area (Å²) in [6, 6.07) is 9.47. The van der Waals surface area contributed by atoms with E-state index in [1.54, 1.807) is 11.8 Å². The molecule has 0 saturated heterocycles. The Balaban J connectivity index is 2.54. The van der Waals surface area contributed by atoms with Gasteiger partial charge in [-0.3, -0.25) is 9.59 Å². The van der Waals surface area contributed by atoms with E-state index in [0.29, 0.717) is 32.5 Å². The van der Waals surface area contributed by atoms with Gasteiger partial charge in [-0.25, -0.2) is 0 Å². The molecule has 0 aliphatic rings. The Bertz CT molecular complexity index is 433. The zero-order chi connectivity index (χ0) is 15.5. The van der Waals surface area contributed by atoms with Gasteiger partial charge >= 0.3 is 5.97 Å². The third-order valence-corrected chi connectivity index (χ3v) is 3.03. The molecule has 0 radical (unpaired) electrons. The molecule has 5 heteroatoms. The van der Waals surface area contributed by atoms with Crippen LogP contribution in [0.5, 0.6) is 0 Å². The van der Waals surface area contributed by atoms with E-state index >= 15 is 0 Å². The second-order valence-electron chi connectivity index (χ2n) is 4.68. The summed E-state index contributed by atoms with van der Waals surface area (Å²) in [5.74, 6) is -0.349. The van der Waals surface area contributed by atoms with Crippen LogP contribution in [0.3, 0.4) is 0 Å². The molecular weight excluding hydrogens is 270 g/mol. The second kappa shape index (κ2) is 9.94. The SMILES string of the molecule is CCOC(=O)CCN(CCCO)C(=O)Cc1ccccc1. The summed E-state index contributed by atoms with van der Waals surface area (Å²) in [5.41, 5.74) is 0.938. The van der Waals surface area contributed by atoms with Gasteiger partial charge in [-0.1, -0.05) is 30.3 Å². The molecule has 1 rings (SSSR count).